The Balaban J connectivity index is 1.65. The third-order valence-corrected chi connectivity index (χ3v) is 4.53. The summed E-state index contributed by atoms with van der Waals surface area (Å²) in [5, 5.41) is 4.16. The van der Waals surface area contributed by atoms with E-state index < -0.39 is 5.60 Å². The predicted molar refractivity (Wildman–Crippen MR) is 85.8 cm³/mol. The molecule has 0 aromatic heterocycles. The van der Waals surface area contributed by atoms with Gasteiger partial charge in [-0.1, -0.05) is 42.4 Å². The fourth-order valence-corrected chi connectivity index (χ4v) is 3.04. The van der Waals surface area contributed by atoms with Crippen molar-refractivity contribution in [1.29, 1.82) is 0 Å². The summed E-state index contributed by atoms with van der Waals surface area (Å²) in [7, 11) is 0. The van der Waals surface area contributed by atoms with Gasteiger partial charge in [0.15, 0.2) is 0 Å². The van der Waals surface area contributed by atoms with Gasteiger partial charge in [0, 0.05) is 32.6 Å². The van der Waals surface area contributed by atoms with Crippen LogP contribution in [0.1, 0.15) is 25.8 Å². The van der Waals surface area contributed by atoms with Crippen molar-refractivity contribution in [2.75, 3.05) is 32.7 Å². The number of piperazine rings is 1. The minimum atomic E-state index is -0.862. The Morgan fingerprint density at radius 2 is 1.91 bits per heavy atom. The Bertz CT molecular complexity index is 565. The van der Waals surface area contributed by atoms with Crippen LogP contribution in [0.15, 0.2) is 35.5 Å². The van der Waals surface area contributed by atoms with Crippen molar-refractivity contribution in [1.82, 2.24) is 9.80 Å². The normalized spacial score (nSPS) is 25.7. The lowest BCUT2D eigenvalue weighted by atomic mass is 9.94. The number of rotatable bonds is 3. The molecule has 1 saturated heterocycles. The van der Waals surface area contributed by atoms with Crippen LogP contribution in [0, 0.1) is 0 Å². The molecule has 0 radical (unpaired) electrons. The summed E-state index contributed by atoms with van der Waals surface area (Å²) in [6.45, 7) is 8.45. The Kier molecular flexibility index (Phi) is 4.16. The van der Waals surface area contributed by atoms with Crippen molar-refractivity contribution in [3.8, 4) is 0 Å². The number of carbonyl (C=O) groups is 1. The molecule has 2 aliphatic heterocycles. The van der Waals surface area contributed by atoms with Crippen LogP contribution in [0.3, 0.4) is 0 Å². The van der Waals surface area contributed by atoms with E-state index in [1.165, 1.54) is 0 Å². The fourth-order valence-electron chi connectivity index (χ4n) is 3.04. The van der Waals surface area contributed by atoms with Crippen molar-refractivity contribution in [3.05, 3.63) is 35.9 Å². The van der Waals surface area contributed by atoms with Crippen molar-refractivity contribution in [2.45, 2.75) is 25.9 Å². The SMILES string of the molecule is CCN1CCN(C(=O)[C@@]2(C)CC(c3ccccc3)=NO2)CC1. The second-order valence-electron chi connectivity index (χ2n) is 6.13. The van der Waals surface area contributed by atoms with E-state index in [0.29, 0.717) is 6.42 Å². The number of carbonyl (C=O) groups excluding carboxylic acids is 1. The first-order valence-electron chi connectivity index (χ1n) is 7.94. The molecule has 1 aromatic rings. The number of oxime groups is 1. The summed E-state index contributed by atoms with van der Waals surface area (Å²) in [5.41, 5.74) is 1.01. The van der Waals surface area contributed by atoms with Crippen LogP contribution < -0.4 is 0 Å². The summed E-state index contributed by atoms with van der Waals surface area (Å²) >= 11 is 0. The summed E-state index contributed by atoms with van der Waals surface area (Å²) in [6.07, 6.45) is 0.532. The first kappa shape index (κ1) is 15.0. The summed E-state index contributed by atoms with van der Waals surface area (Å²) in [6, 6.07) is 9.91. The zero-order chi connectivity index (χ0) is 15.6. The Hall–Kier alpha value is -1.88. The first-order valence-corrected chi connectivity index (χ1v) is 7.94. The molecule has 1 atom stereocenters. The van der Waals surface area contributed by atoms with Gasteiger partial charge in [-0.3, -0.25) is 4.79 Å². The van der Waals surface area contributed by atoms with Crippen LogP contribution in [-0.4, -0.2) is 59.7 Å². The van der Waals surface area contributed by atoms with Crippen molar-refractivity contribution in [2.24, 2.45) is 5.16 Å². The molecule has 22 heavy (non-hydrogen) atoms. The standard InChI is InChI=1S/C17H23N3O2/c1-3-19-9-11-20(12-10-19)16(21)17(2)13-15(18-22-17)14-7-5-4-6-8-14/h4-8H,3,9-13H2,1-2H3/t17-/m1/s1. The third-order valence-electron chi connectivity index (χ3n) is 4.53. The van der Waals surface area contributed by atoms with Crippen LogP contribution in [-0.2, 0) is 9.63 Å². The highest BCUT2D eigenvalue weighted by molar-refractivity contribution is 6.05. The smallest absolute Gasteiger partial charge is 0.269 e. The van der Waals surface area contributed by atoms with Crippen LogP contribution in [0.5, 0.6) is 0 Å². The molecule has 5 nitrogen and oxygen atoms in total. The number of hydrogen-bond acceptors (Lipinski definition) is 4. The van der Waals surface area contributed by atoms with E-state index in [4.69, 9.17) is 4.84 Å². The van der Waals surface area contributed by atoms with Gasteiger partial charge in [-0.15, -0.1) is 0 Å². The molecular weight excluding hydrogens is 278 g/mol. The first-order chi connectivity index (χ1) is 10.6. The van der Waals surface area contributed by atoms with Crippen molar-refractivity contribution >= 4 is 11.6 Å². The Morgan fingerprint density at radius 3 is 2.55 bits per heavy atom. The van der Waals surface area contributed by atoms with E-state index in [0.717, 1.165) is 44.0 Å². The molecular formula is C17H23N3O2. The molecule has 0 unspecified atom stereocenters. The van der Waals surface area contributed by atoms with E-state index in [2.05, 4.69) is 17.0 Å². The maximum absolute atomic E-state index is 12.8. The van der Waals surface area contributed by atoms with Crippen molar-refractivity contribution < 1.29 is 9.63 Å². The van der Waals surface area contributed by atoms with Crippen LogP contribution in [0.2, 0.25) is 0 Å². The summed E-state index contributed by atoms with van der Waals surface area (Å²) < 4.78 is 0. The number of hydrogen-bond donors (Lipinski definition) is 0. The average molecular weight is 301 g/mol. The minimum absolute atomic E-state index is 0.0536. The van der Waals surface area contributed by atoms with Gasteiger partial charge < -0.3 is 14.6 Å². The maximum Gasteiger partial charge on any atom is 0.269 e. The predicted octanol–water partition coefficient (Wildman–Crippen LogP) is 1.73. The second-order valence-corrected chi connectivity index (χ2v) is 6.13. The van der Waals surface area contributed by atoms with Crippen molar-refractivity contribution in [3.63, 3.8) is 0 Å². The minimum Gasteiger partial charge on any atom is -0.379 e. The Labute approximate surface area is 131 Å². The van der Waals surface area contributed by atoms with E-state index in [-0.39, 0.29) is 5.91 Å². The molecule has 2 aliphatic rings. The molecule has 5 heteroatoms. The second kappa shape index (κ2) is 6.08. The monoisotopic (exact) mass is 301 g/mol. The number of likely N-dealkylation sites (N-methyl/N-ethyl adjacent to an activating group) is 1. The zero-order valence-corrected chi connectivity index (χ0v) is 13.3. The topological polar surface area (TPSA) is 45.1 Å². The van der Waals surface area contributed by atoms with E-state index >= 15 is 0 Å². The van der Waals surface area contributed by atoms with Gasteiger partial charge >= 0.3 is 0 Å². The lowest BCUT2D eigenvalue weighted by Gasteiger charge is -2.37. The van der Waals surface area contributed by atoms with Crippen LogP contribution >= 0.6 is 0 Å². The summed E-state index contributed by atoms with van der Waals surface area (Å²) in [5.74, 6) is 0.0536. The lowest BCUT2D eigenvalue weighted by molar-refractivity contribution is -0.155. The molecule has 0 saturated carbocycles. The van der Waals surface area contributed by atoms with E-state index in [1.54, 1.807) is 0 Å². The number of benzene rings is 1. The van der Waals surface area contributed by atoms with Gasteiger partial charge in [0.25, 0.3) is 5.91 Å². The van der Waals surface area contributed by atoms with Crippen LogP contribution in [0.4, 0.5) is 0 Å². The third kappa shape index (κ3) is 2.86. The molecule has 118 valence electrons. The van der Waals surface area contributed by atoms with Gasteiger partial charge in [-0.2, -0.15) is 0 Å². The van der Waals surface area contributed by atoms with Gasteiger partial charge in [0.05, 0.1) is 5.71 Å². The van der Waals surface area contributed by atoms with Crippen LogP contribution in [0.25, 0.3) is 0 Å². The molecule has 2 heterocycles. The molecule has 0 aliphatic carbocycles. The molecule has 3 rings (SSSR count). The van der Waals surface area contributed by atoms with Gasteiger partial charge in [0.1, 0.15) is 0 Å². The largest absolute Gasteiger partial charge is 0.379 e. The number of nitrogens with zero attached hydrogens (tertiary/aromatic N) is 3. The van der Waals surface area contributed by atoms with Gasteiger partial charge in [0.2, 0.25) is 5.60 Å². The highest BCUT2D eigenvalue weighted by Crippen LogP contribution is 2.29. The molecule has 1 fully saturated rings. The summed E-state index contributed by atoms with van der Waals surface area (Å²) in [4.78, 5) is 22.6. The molecule has 0 bridgehead atoms. The molecule has 1 aromatic carbocycles. The average Bonchev–Trinajstić information content (AvgIpc) is 2.99. The molecule has 0 N–H and O–H groups in total. The molecule has 0 spiro atoms. The van der Waals surface area contributed by atoms with E-state index in [9.17, 15) is 4.79 Å². The quantitative estimate of drug-likeness (QED) is 0.854. The van der Waals surface area contributed by atoms with E-state index in [1.807, 2.05) is 42.2 Å². The fraction of sp³-hybridized carbons (Fsp3) is 0.529. The lowest BCUT2D eigenvalue weighted by Crippen LogP contribution is -2.54. The van der Waals surface area contributed by atoms with Gasteiger partial charge in [-0.25, -0.2) is 0 Å². The maximum atomic E-state index is 12.8. The highest BCUT2D eigenvalue weighted by atomic mass is 16.7. The number of amides is 1. The van der Waals surface area contributed by atoms with Gasteiger partial charge in [-0.05, 0) is 19.0 Å². The Morgan fingerprint density at radius 1 is 1.23 bits per heavy atom. The molecule has 1 amide bonds. The highest BCUT2D eigenvalue weighted by Gasteiger charge is 2.45. The zero-order valence-electron chi connectivity index (χ0n) is 13.3.